The van der Waals surface area contributed by atoms with Crippen molar-refractivity contribution < 1.29 is 22.7 Å². The highest BCUT2D eigenvalue weighted by molar-refractivity contribution is 7.90. The fourth-order valence-corrected chi connectivity index (χ4v) is 6.89. The molecule has 0 radical (unpaired) electrons. The Morgan fingerprint density at radius 2 is 1.67 bits per heavy atom. The number of hydrogen-bond acceptors (Lipinski definition) is 12. The number of sulfone groups is 1. The summed E-state index contributed by atoms with van der Waals surface area (Å²) in [6.45, 7) is 10.6. The van der Waals surface area contributed by atoms with Crippen LogP contribution in [0.5, 0.6) is 0 Å². The zero-order chi connectivity index (χ0) is 34.4. The number of halogens is 1. The molecule has 2 aromatic heterocycles. The Bertz CT molecular complexity index is 1890. The van der Waals surface area contributed by atoms with Gasteiger partial charge in [-0.15, -0.1) is 0 Å². The summed E-state index contributed by atoms with van der Waals surface area (Å²) in [5, 5.41) is 14.8. The quantitative estimate of drug-likeness (QED) is 0.197. The van der Waals surface area contributed by atoms with Crippen molar-refractivity contribution in [1.29, 1.82) is 0 Å². The van der Waals surface area contributed by atoms with Crippen LogP contribution in [0.1, 0.15) is 21.6 Å². The van der Waals surface area contributed by atoms with Gasteiger partial charge in [-0.05, 0) is 42.8 Å². The van der Waals surface area contributed by atoms with E-state index in [4.69, 9.17) is 26.2 Å². The summed E-state index contributed by atoms with van der Waals surface area (Å²) in [5.74, 6) is 1.50. The van der Waals surface area contributed by atoms with E-state index < -0.39 is 15.7 Å². The summed E-state index contributed by atoms with van der Waals surface area (Å²) in [7, 11) is -3.61. The highest BCUT2D eigenvalue weighted by atomic mass is 35.5. The SMILES string of the molecule is Cc1ccc(NC(=O)c2ccc(Cl)c(S(C)(=O)=O)c2)cc1Nc1cc(CN2CCOCC2)nn1-c1cc(NCCN2CCOCC2)ncn1. The molecule has 0 saturated carbocycles. The van der Waals surface area contributed by atoms with Crippen LogP contribution in [-0.2, 0) is 25.9 Å². The van der Waals surface area contributed by atoms with Gasteiger partial charge in [-0.25, -0.2) is 18.4 Å². The summed E-state index contributed by atoms with van der Waals surface area (Å²) in [6.07, 6.45) is 2.57. The number of benzene rings is 2. The topological polar surface area (TPSA) is 156 Å². The number of anilines is 4. The lowest BCUT2D eigenvalue weighted by molar-refractivity contribution is 0.0336. The van der Waals surface area contributed by atoms with Crippen LogP contribution >= 0.6 is 11.6 Å². The molecule has 3 N–H and O–H groups in total. The Morgan fingerprint density at radius 1 is 0.939 bits per heavy atom. The zero-order valence-electron chi connectivity index (χ0n) is 27.5. The number of rotatable bonds is 12. The molecule has 2 saturated heterocycles. The third-order valence-corrected chi connectivity index (χ3v) is 9.89. The van der Waals surface area contributed by atoms with Crippen LogP contribution < -0.4 is 16.0 Å². The minimum atomic E-state index is -3.61. The molecule has 4 aromatic rings. The highest BCUT2D eigenvalue weighted by Gasteiger charge is 2.19. The van der Waals surface area contributed by atoms with Gasteiger partial charge in [0.15, 0.2) is 15.7 Å². The predicted molar refractivity (Wildman–Crippen MR) is 188 cm³/mol. The molecular formula is C33H40ClN9O5S. The molecule has 1 amide bonds. The van der Waals surface area contributed by atoms with E-state index in [9.17, 15) is 13.2 Å². The average molecular weight is 710 g/mol. The van der Waals surface area contributed by atoms with Crippen molar-refractivity contribution in [3.05, 3.63) is 76.7 Å². The fourth-order valence-electron chi connectivity index (χ4n) is 5.59. The Labute approximate surface area is 290 Å². The Balaban J connectivity index is 1.23. The lowest BCUT2D eigenvalue weighted by Crippen LogP contribution is -2.39. The van der Waals surface area contributed by atoms with Crippen LogP contribution in [0, 0.1) is 6.92 Å². The lowest BCUT2D eigenvalue weighted by atomic mass is 10.1. The second-order valence-electron chi connectivity index (χ2n) is 12.0. The largest absolute Gasteiger partial charge is 0.379 e. The third kappa shape index (κ3) is 9.12. The maximum Gasteiger partial charge on any atom is 0.255 e. The number of hydrogen-bond donors (Lipinski definition) is 3. The van der Waals surface area contributed by atoms with Crippen LogP contribution in [0.15, 0.2) is 59.8 Å². The van der Waals surface area contributed by atoms with E-state index in [1.165, 1.54) is 24.5 Å². The monoisotopic (exact) mass is 709 g/mol. The molecule has 260 valence electrons. The van der Waals surface area contributed by atoms with Crippen LogP contribution in [0.25, 0.3) is 5.82 Å². The van der Waals surface area contributed by atoms with Gasteiger partial charge in [0.05, 0.1) is 42.0 Å². The molecule has 2 aromatic carbocycles. The molecule has 0 aliphatic carbocycles. The van der Waals surface area contributed by atoms with Crippen molar-refractivity contribution in [3.63, 3.8) is 0 Å². The molecule has 4 heterocycles. The van der Waals surface area contributed by atoms with E-state index in [1.807, 2.05) is 31.2 Å². The molecule has 2 fully saturated rings. The Hall–Kier alpha value is -4.12. The maximum absolute atomic E-state index is 13.2. The van der Waals surface area contributed by atoms with Gasteiger partial charge in [-0.1, -0.05) is 17.7 Å². The van der Waals surface area contributed by atoms with Gasteiger partial charge in [0.1, 0.15) is 18.0 Å². The smallest absolute Gasteiger partial charge is 0.255 e. The van der Waals surface area contributed by atoms with E-state index in [-0.39, 0.29) is 15.5 Å². The Kier molecular flexibility index (Phi) is 11.1. The number of morpholine rings is 2. The molecule has 16 heteroatoms. The second-order valence-corrected chi connectivity index (χ2v) is 14.4. The van der Waals surface area contributed by atoms with Gasteiger partial charge in [0, 0.05) is 81.1 Å². The summed E-state index contributed by atoms with van der Waals surface area (Å²) in [6, 6.07) is 13.5. The fraction of sp³-hybridized carbons (Fsp3) is 0.394. The number of nitrogens with zero attached hydrogens (tertiary/aromatic N) is 6. The number of aryl methyl sites for hydroxylation is 1. The third-order valence-electron chi connectivity index (χ3n) is 8.31. The van der Waals surface area contributed by atoms with Crippen molar-refractivity contribution >= 4 is 50.4 Å². The zero-order valence-corrected chi connectivity index (χ0v) is 29.1. The first-order valence-electron chi connectivity index (χ1n) is 16.1. The van der Waals surface area contributed by atoms with Crippen LogP contribution in [0.2, 0.25) is 5.02 Å². The molecule has 6 rings (SSSR count). The molecule has 2 aliphatic heterocycles. The van der Waals surface area contributed by atoms with E-state index in [1.54, 1.807) is 10.7 Å². The standard InChI is InChI=1S/C33H40ClN9O5S/c1-23-3-5-25(38-33(44)24-4-6-27(34)29(17-24)49(2,45)46)18-28(23)39-32-19-26(21-42-11-15-48-16-12-42)40-43(32)31-20-30(36-22-37-31)35-7-8-41-9-13-47-14-10-41/h3-6,17-20,22,39H,7-16,21H2,1-2H3,(H,38,44)(H,35,36,37). The molecule has 0 atom stereocenters. The van der Waals surface area contributed by atoms with Crippen LogP contribution in [0.3, 0.4) is 0 Å². The van der Waals surface area contributed by atoms with Crippen molar-refractivity contribution in [2.75, 3.05) is 87.9 Å². The normalized spacial score (nSPS) is 16.0. The van der Waals surface area contributed by atoms with Crippen LogP contribution in [-0.4, -0.2) is 116 Å². The van der Waals surface area contributed by atoms with Gasteiger partial charge in [0.2, 0.25) is 0 Å². The number of nitrogens with one attached hydrogen (secondary N) is 3. The first-order chi connectivity index (χ1) is 23.6. The summed E-state index contributed by atoms with van der Waals surface area (Å²) in [4.78, 5) is 26.7. The number of amides is 1. The molecule has 2 aliphatic rings. The summed E-state index contributed by atoms with van der Waals surface area (Å²) >= 11 is 6.08. The molecule has 0 bridgehead atoms. The maximum atomic E-state index is 13.2. The minimum Gasteiger partial charge on any atom is -0.379 e. The van der Waals surface area contributed by atoms with Gasteiger partial charge in [-0.2, -0.15) is 9.78 Å². The first-order valence-corrected chi connectivity index (χ1v) is 18.3. The summed E-state index contributed by atoms with van der Waals surface area (Å²) in [5.41, 5.74) is 3.21. The lowest BCUT2D eigenvalue weighted by Gasteiger charge is -2.26. The number of ether oxygens (including phenoxy) is 2. The molecule has 14 nitrogen and oxygen atoms in total. The van der Waals surface area contributed by atoms with Gasteiger partial charge in [0.25, 0.3) is 5.91 Å². The van der Waals surface area contributed by atoms with Crippen molar-refractivity contribution in [2.24, 2.45) is 0 Å². The van der Waals surface area contributed by atoms with Crippen molar-refractivity contribution in [2.45, 2.75) is 18.4 Å². The van der Waals surface area contributed by atoms with Crippen molar-refractivity contribution in [3.8, 4) is 5.82 Å². The molecule has 49 heavy (non-hydrogen) atoms. The first kappa shape index (κ1) is 34.7. The predicted octanol–water partition coefficient (Wildman–Crippen LogP) is 3.60. The van der Waals surface area contributed by atoms with E-state index >= 15 is 0 Å². The average Bonchev–Trinajstić information content (AvgIpc) is 3.48. The number of carbonyl (C=O) groups excluding carboxylic acids is 1. The molecular weight excluding hydrogens is 670 g/mol. The minimum absolute atomic E-state index is 0.0602. The molecule has 0 spiro atoms. The highest BCUT2D eigenvalue weighted by Crippen LogP contribution is 2.28. The van der Waals surface area contributed by atoms with Gasteiger partial charge < -0.3 is 25.4 Å². The van der Waals surface area contributed by atoms with Gasteiger partial charge >= 0.3 is 0 Å². The van der Waals surface area contributed by atoms with Gasteiger partial charge in [-0.3, -0.25) is 14.6 Å². The summed E-state index contributed by atoms with van der Waals surface area (Å²) < 4.78 is 37.0. The second kappa shape index (κ2) is 15.6. The van der Waals surface area contributed by atoms with E-state index in [2.05, 4.69) is 35.7 Å². The number of carbonyl (C=O) groups is 1. The number of aromatic nitrogens is 4. The molecule has 0 unspecified atom stereocenters. The van der Waals surface area contributed by atoms with E-state index in [0.717, 1.165) is 75.7 Å². The van der Waals surface area contributed by atoms with Crippen LogP contribution in [0.4, 0.5) is 23.0 Å². The van der Waals surface area contributed by atoms with Crippen molar-refractivity contribution in [1.82, 2.24) is 29.5 Å². The Morgan fingerprint density at radius 3 is 2.41 bits per heavy atom. The van der Waals surface area contributed by atoms with E-state index in [0.29, 0.717) is 42.9 Å².